The first-order chi connectivity index (χ1) is 13.9. The Morgan fingerprint density at radius 2 is 1.53 bits per heavy atom. The molecule has 2 rings (SSSR count). The van der Waals surface area contributed by atoms with Crippen LogP contribution in [-0.2, 0) is 31.3 Å². The molecule has 3 N–H and O–H groups in total. The first-order valence-corrected chi connectivity index (χ1v) is 12.4. The summed E-state index contributed by atoms with van der Waals surface area (Å²) in [5.74, 6) is -0.268. The standard InChI is InChI=1S/C20H27N3O5S2/c1-14(2)23-30(27,28)17-10-6-16(7-11-17)8-12-20(24)22-19-13-18(9-5-15(19)3)29(25,26)21-4/h5-7,9-11,13-14,21,23H,8,12H2,1-4H3,(H,22,24). The molecule has 0 spiro atoms. The van der Waals surface area contributed by atoms with Gasteiger partial charge in [-0.25, -0.2) is 26.3 Å². The van der Waals surface area contributed by atoms with E-state index in [1.54, 1.807) is 39.0 Å². The summed E-state index contributed by atoms with van der Waals surface area (Å²) in [5, 5.41) is 2.74. The normalized spacial score (nSPS) is 12.2. The predicted molar refractivity (Wildman–Crippen MR) is 116 cm³/mol. The fourth-order valence-electron chi connectivity index (χ4n) is 2.70. The van der Waals surface area contributed by atoms with Crippen LogP contribution in [0.15, 0.2) is 52.3 Å². The molecule has 1 amide bonds. The van der Waals surface area contributed by atoms with Crippen molar-refractivity contribution in [2.45, 2.75) is 49.4 Å². The van der Waals surface area contributed by atoms with Crippen LogP contribution in [0.1, 0.15) is 31.4 Å². The van der Waals surface area contributed by atoms with Crippen LogP contribution in [0.5, 0.6) is 0 Å². The van der Waals surface area contributed by atoms with Gasteiger partial charge in [-0.3, -0.25) is 4.79 Å². The summed E-state index contributed by atoms with van der Waals surface area (Å²) in [5.41, 5.74) is 1.99. The van der Waals surface area contributed by atoms with Crippen LogP contribution < -0.4 is 14.8 Å². The quantitative estimate of drug-likeness (QED) is 0.537. The number of aryl methyl sites for hydroxylation is 2. The number of hydrogen-bond donors (Lipinski definition) is 3. The van der Waals surface area contributed by atoms with Gasteiger partial charge in [-0.15, -0.1) is 0 Å². The monoisotopic (exact) mass is 453 g/mol. The number of rotatable bonds is 9. The summed E-state index contributed by atoms with van der Waals surface area (Å²) >= 11 is 0. The van der Waals surface area contributed by atoms with Gasteiger partial charge in [0.25, 0.3) is 0 Å². The summed E-state index contributed by atoms with van der Waals surface area (Å²) in [7, 11) is -5.84. The lowest BCUT2D eigenvalue weighted by atomic mass is 10.1. The lowest BCUT2D eigenvalue weighted by Gasteiger charge is -2.11. The van der Waals surface area contributed by atoms with E-state index >= 15 is 0 Å². The van der Waals surface area contributed by atoms with Crippen LogP contribution in [0.2, 0.25) is 0 Å². The molecule has 2 aromatic rings. The van der Waals surface area contributed by atoms with Crippen molar-refractivity contribution in [3.8, 4) is 0 Å². The number of anilines is 1. The number of carbonyl (C=O) groups excluding carboxylic acids is 1. The Balaban J connectivity index is 2.03. The molecule has 0 atom stereocenters. The molecule has 0 bridgehead atoms. The molecule has 10 heteroatoms. The second kappa shape index (κ2) is 9.69. The first kappa shape index (κ1) is 24.0. The van der Waals surface area contributed by atoms with Gasteiger partial charge in [0.1, 0.15) is 0 Å². The molecule has 0 aliphatic heterocycles. The number of nitrogens with one attached hydrogen (secondary N) is 3. The van der Waals surface area contributed by atoms with E-state index in [1.807, 2.05) is 0 Å². The third kappa shape index (κ3) is 6.36. The van der Waals surface area contributed by atoms with Crippen molar-refractivity contribution < 1.29 is 21.6 Å². The molecule has 164 valence electrons. The Labute approximate surface area is 178 Å². The molecule has 30 heavy (non-hydrogen) atoms. The highest BCUT2D eigenvalue weighted by Crippen LogP contribution is 2.20. The van der Waals surface area contributed by atoms with E-state index in [-0.39, 0.29) is 28.2 Å². The summed E-state index contributed by atoms with van der Waals surface area (Å²) in [6, 6.07) is 10.7. The van der Waals surface area contributed by atoms with E-state index in [1.165, 1.54) is 31.3 Å². The molecule has 2 aromatic carbocycles. The molecule has 0 fully saturated rings. The highest BCUT2D eigenvalue weighted by atomic mass is 32.2. The maximum absolute atomic E-state index is 12.3. The second-order valence-electron chi connectivity index (χ2n) is 7.15. The van der Waals surface area contributed by atoms with Crippen molar-refractivity contribution in [3.05, 3.63) is 53.6 Å². The number of amides is 1. The number of carbonyl (C=O) groups is 1. The van der Waals surface area contributed by atoms with Crippen molar-refractivity contribution in [1.29, 1.82) is 0 Å². The zero-order chi connectivity index (χ0) is 22.5. The van der Waals surface area contributed by atoms with Crippen molar-refractivity contribution in [3.63, 3.8) is 0 Å². The molecule has 0 saturated carbocycles. The molecule has 0 unspecified atom stereocenters. The Morgan fingerprint density at radius 3 is 2.10 bits per heavy atom. The smallest absolute Gasteiger partial charge is 0.240 e. The van der Waals surface area contributed by atoms with E-state index in [2.05, 4.69) is 14.8 Å². The molecule has 0 radical (unpaired) electrons. The zero-order valence-electron chi connectivity index (χ0n) is 17.4. The maximum Gasteiger partial charge on any atom is 0.240 e. The molecule has 0 aliphatic carbocycles. The first-order valence-electron chi connectivity index (χ1n) is 9.40. The van der Waals surface area contributed by atoms with Gasteiger partial charge in [-0.2, -0.15) is 0 Å². The van der Waals surface area contributed by atoms with Crippen LogP contribution >= 0.6 is 0 Å². The third-order valence-corrected chi connectivity index (χ3v) is 7.41. The Kier molecular flexibility index (Phi) is 7.75. The minimum absolute atomic E-state index is 0.0673. The van der Waals surface area contributed by atoms with Gasteiger partial charge in [-0.1, -0.05) is 18.2 Å². The van der Waals surface area contributed by atoms with E-state index < -0.39 is 20.0 Å². The van der Waals surface area contributed by atoms with Gasteiger partial charge >= 0.3 is 0 Å². The lowest BCUT2D eigenvalue weighted by Crippen LogP contribution is -2.30. The summed E-state index contributed by atoms with van der Waals surface area (Å²) in [4.78, 5) is 12.6. The molecule has 0 saturated heterocycles. The zero-order valence-corrected chi connectivity index (χ0v) is 19.0. The van der Waals surface area contributed by atoms with Gasteiger partial charge in [0, 0.05) is 18.2 Å². The van der Waals surface area contributed by atoms with Crippen molar-refractivity contribution in [2.24, 2.45) is 0 Å². The van der Waals surface area contributed by atoms with Crippen LogP contribution in [-0.4, -0.2) is 35.8 Å². The van der Waals surface area contributed by atoms with Gasteiger partial charge in [0.15, 0.2) is 0 Å². The van der Waals surface area contributed by atoms with Gasteiger partial charge in [0.05, 0.1) is 9.79 Å². The van der Waals surface area contributed by atoms with Gasteiger partial charge in [0.2, 0.25) is 26.0 Å². The van der Waals surface area contributed by atoms with E-state index in [0.29, 0.717) is 12.1 Å². The van der Waals surface area contributed by atoms with Crippen LogP contribution in [0.4, 0.5) is 5.69 Å². The molecule has 0 heterocycles. The van der Waals surface area contributed by atoms with E-state index in [4.69, 9.17) is 0 Å². The van der Waals surface area contributed by atoms with E-state index in [9.17, 15) is 21.6 Å². The van der Waals surface area contributed by atoms with E-state index in [0.717, 1.165) is 11.1 Å². The minimum Gasteiger partial charge on any atom is -0.326 e. The highest BCUT2D eigenvalue weighted by molar-refractivity contribution is 7.89. The fourth-order valence-corrected chi connectivity index (χ4v) is 4.71. The maximum atomic E-state index is 12.3. The highest BCUT2D eigenvalue weighted by Gasteiger charge is 2.16. The van der Waals surface area contributed by atoms with Crippen LogP contribution in [0.3, 0.4) is 0 Å². The fraction of sp³-hybridized carbons (Fsp3) is 0.350. The molecule has 0 aromatic heterocycles. The topological polar surface area (TPSA) is 121 Å². The van der Waals surface area contributed by atoms with Crippen LogP contribution in [0.25, 0.3) is 0 Å². The average molecular weight is 454 g/mol. The summed E-state index contributed by atoms with van der Waals surface area (Å²) < 4.78 is 53.0. The molecule has 0 aliphatic rings. The molecule has 8 nitrogen and oxygen atoms in total. The Hall–Kier alpha value is -2.27. The lowest BCUT2D eigenvalue weighted by molar-refractivity contribution is -0.116. The average Bonchev–Trinajstić information content (AvgIpc) is 2.67. The number of benzene rings is 2. The summed E-state index contributed by atoms with van der Waals surface area (Å²) in [6.45, 7) is 5.27. The second-order valence-corrected chi connectivity index (χ2v) is 10.8. The Morgan fingerprint density at radius 1 is 0.933 bits per heavy atom. The SMILES string of the molecule is CNS(=O)(=O)c1ccc(C)c(NC(=O)CCc2ccc(S(=O)(=O)NC(C)C)cc2)c1. The van der Waals surface area contributed by atoms with Gasteiger partial charge in [-0.05, 0) is 69.6 Å². The van der Waals surface area contributed by atoms with Crippen molar-refractivity contribution in [1.82, 2.24) is 9.44 Å². The molecular formula is C20H27N3O5S2. The largest absolute Gasteiger partial charge is 0.326 e. The predicted octanol–water partition coefficient (Wildman–Crippen LogP) is 2.16. The number of sulfonamides is 2. The number of hydrogen-bond acceptors (Lipinski definition) is 5. The minimum atomic E-state index is -3.61. The third-order valence-electron chi connectivity index (χ3n) is 4.33. The van der Waals surface area contributed by atoms with Crippen LogP contribution in [0, 0.1) is 6.92 Å². The summed E-state index contributed by atoms with van der Waals surface area (Å²) in [6.07, 6.45) is 0.579. The molecular weight excluding hydrogens is 426 g/mol. The van der Waals surface area contributed by atoms with Crippen molar-refractivity contribution >= 4 is 31.6 Å². The Bertz CT molecular complexity index is 1110. The van der Waals surface area contributed by atoms with Gasteiger partial charge < -0.3 is 5.32 Å². The van der Waals surface area contributed by atoms with Crippen molar-refractivity contribution in [2.75, 3.05) is 12.4 Å².